The first kappa shape index (κ1) is 19.4. The van der Waals surface area contributed by atoms with Gasteiger partial charge in [0, 0.05) is 35.8 Å². The van der Waals surface area contributed by atoms with Crippen molar-refractivity contribution in [2.45, 2.75) is 17.7 Å². The minimum absolute atomic E-state index is 0.000248. The lowest BCUT2D eigenvalue weighted by molar-refractivity contribution is -0.126. The molecule has 142 valence electrons. The predicted octanol–water partition coefficient (Wildman–Crippen LogP) is 3.59. The van der Waals surface area contributed by atoms with Crippen molar-refractivity contribution in [3.05, 3.63) is 66.0 Å². The number of nitrogens with zero attached hydrogens (tertiary/aromatic N) is 1. The lowest BCUT2D eigenvalue weighted by atomic mass is 9.96. The summed E-state index contributed by atoms with van der Waals surface area (Å²) in [5, 5.41) is 2.98. The molecule has 2 aromatic carbocycles. The quantitative estimate of drug-likeness (QED) is 0.610. The van der Waals surface area contributed by atoms with E-state index in [0.29, 0.717) is 25.2 Å². The Kier molecular flexibility index (Phi) is 6.87. The molecule has 0 aliphatic carbocycles. The molecular formula is C21H23FN2O2S. The zero-order valence-electron chi connectivity index (χ0n) is 15.1. The molecule has 1 unspecified atom stereocenters. The summed E-state index contributed by atoms with van der Waals surface area (Å²) in [6.07, 6.45) is 1.58. The Morgan fingerprint density at radius 3 is 2.59 bits per heavy atom. The predicted molar refractivity (Wildman–Crippen MR) is 105 cm³/mol. The molecule has 0 spiro atoms. The first-order valence-corrected chi connectivity index (χ1v) is 10.1. The van der Waals surface area contributed by atoms with Crippen molar-refractivity contribution >= 4 is 23.6 Å². The third kappa shape index (κ3) is 5.57. The van der Waals surface area contributed by atoms with Crippen molar-refractivity contribution in [3.8, 4) is 0 Å². The van der Waals surface area contributed by atoms with Crippen LogP contribution in [0.15, 0.2) is 59.5 Å². The van der Waals surface area contributed by atoms with Gasteiger partial charge in [-0.15, -0.1) is 11.8 Å². The average molecular weight is 386 g/mol. The number of thioether (sulfide) groups is 1. The molecule has 27 heavy (non-hydrogen) atoms. The summed E-state index contributed by atoms with van der Waals surface area (Å²) < 4.78 is 13.0. The Bertz CT molecular complexity index is 768. The Balaban J connectivity index is 1.46. The number of nitrogens with one attached hydrogen (secondary N) is 1. The number of halogens is 1. The van der Waals surface area contributed by atoms with Crippen LogP contribution in [0.25, 0.3) is 0 Å². The number of rotatable bonds is 6. The van der Waals surface area contributed by atoms with E-state index in [9.17, 15) is 14.0 Å². The molecule has 1 atom stereocenters. The third-order valence-corrected chi connectivity index (χ3v) is 5.60. The minimum atomic E-state index is -0.365. The van der Waals surface area contributed by atoms with Crippen molar-refractivity contribution in [1.82, 2.24) is 10.2 Å². The van der Waals surface area contributed by atoms with E-state index in [1.165, 1.54) is 29.2 Å². The SMILES string of the molecule is O=C(NCCSc1ccccc1)C1CCCN(C(=O)c2ccc(F)cc2)C1. The Labute approximate surface area is 163 Å². The van der Waals surface area contributed by atoms with Crippen LogP contribution in [0.5, 0.6) is 0 Å². The number of piperidine rings is 1. The molecule has 0 aromatic heterocycles. The largest absolute Gasteiger partial charge is 0.355 e. The highest BCUT2D eigenvalue weighted by Crippen LogP contribution is 2.20. The summed E-state index contributed by atoms with van der Waals surface area (Å²) in [7, 11) is 0. The number of benzene rings is 2. The molecule has 1 saturated heterocycles. The van der Waals surface area contributed by atoms with E-state index in [-0.39, 0.29) is 23.5 Å². The first-order chi connectivity index (χ1) is 13.1. The normalized spacial score (nSPS) is 16.8. The highest BCUT2D eigenvalue weighted by Gasteiger charge is 2.28. The molecule has 4 nitrogen and oxygen atoms in total. The van der Waals surface area contributed by atoms with Crippen LogP contribution < -0.4 is 5.32 Å². The Morgan fingerprint density at radius 2 is 1.85 bits per heavy atom. The summed E-state index contributed by atoms with van der Waals surface area (Å²) in [6, 6.07) is 15.6. The number of carbonyl (C=O) groups excluding carboxylic acids is 2. The van der Waals surface area contributed by atoms with E-state index >= 15 is 0 Å². The van der Waals surface area contributed by atoms with Gasteiger partial charge in [0.05, 0.1) is 5.92 Å². The first-order valence-electron chi connectivity index (χ1n) is 9.14. The maximum absolute atomic E-state index is 13.0. The number of carbonyl (C=O) groups is 2. The molecule has 2 aromatic rings. The highest BCUT2D eigenvalue weighted by molar-refractivity contribution is 7.99. The van der Waals surface area contributed by atoms with Gasteiger partial charge in [0.25, 0.3) is 5.91 Å². The van der Waals surface area contributed by atoms with Crippen LogP contribution in [0.4, 0.5) is 4.39 Å². The summed E-state index contributed by atoms with van der Waals surface area (Å²) in [5.74, 6) is 0.105. The van der Waals surface area contributed by atoms with E-state index in [1.807, 2.05) is 30.3 Å². The fraction of sp³-hybridized carbons (Fsp3) is 0.333. The molecular weight excluding hydrogens is 363 g/mol. The van der Waals surface area contributed by atoms with Gasteiger partial charge < -0.3 is 10.2 Å². The van der Waals surface area contributed by atoms with Gasteiger partial charge in [-0.1, -0.05) is 18.2 Å². The van der Waals surface area contributed by atoms with Gasteiger partial charge >= 0.3 is 0 Å². The summed E-state index contributed by atoms with van der Waals surface area (Å²) in [4.78, 5) is 27.9. The fourth-order valence-electron chi connectivity index (χ4n) is 3.15. The lowest BCUT2D eigenvalue weighted by Crippen LogP contribution is -2.45. The van der Waals surface area contributed by atoms with Gasteiger partial charge in [0.1, 0.15) is 5.82 Å². The van der Waals surface area contributed by atoms with Crippen LogP contribution >= 0.6 is 11.8 Å². The molecule has 1 N–H and O–H groups in total. The van der Waals surface area contributed by atoms with Gasteiger partial charge in [-0.3, -0.25) is 9.59 Å². The summed E-state index contributed by atoms with van der Waals surface area (Å²) in [6.45, 7) is 1.64. The van der Waals surface area contributed by atoms with Crippen LogP contribution in [-0.4, -0.2) is 42.1 Å². The van der Waals surface area contributed by atoms with Gasteiger partial charge in [-0.2, -0.15) is 0 Å². The Morgan fingerprint density at radius 1 is 1.11 bits per heavy atom. The van der Waals surface area contributed by atoms with E-state index in [1.54, 1.807) is 16.7 Å². The second kappa shape index (κ2) is 9.55. The molecule has 3 rings (SSSR count). The monoisotopic (exact) mass is 386 g/mol. The van der Waals surface area contributed by atoms with E-state index < -0.39 is 0 Å². The van der Waals surface area contributed by atoms with Crippen molar-refractivity contribution in [3.63, 3.8) is 0 Å². The van der Waals surface area contributed by atoms with Crippen LogP contribution in [0, 0.1) is 11.7 Å². The fourth-order valence-corrected chi connectivity index (χ4v) is 3.94. The van der Waals surface area contributed by atoms with Crippen LogP contribution in [0.1, 0.15) is 23.2 Å². The maximum atomic E-state index is 13.0. The van der Waals surface area contributed by atoms with Gasteiger partial charge in [0.15, 0.2) is 0 Å². The van der Waals surface area contributed by atoms with Crippen LogP contribution in [0.2, 0.25) is 0 Å². The molecule has 6 heteroatoms. The lowest BCUT2D eigenvalue weighted by Gasteiger charge is -2.32. The molecule has 1 aliphatic rings. The number of amides is 2. The molecule has 1 aliphatic heterocycles. The van der Waals surface area contributed by atoms with Gasteiger partial charge in [0.2, 0.25) is 5.91 Å². The molecule has 1 fully saturated rings. The second-order valence-electron chi connectivity index (χ2n) is 6.55. The number of hydrogen-bond donors (Lipinski definition) is 1. The molecule has 0 saturated carbocycles. The second-order valence-corrected chi connectivity index (χ2v) is 7.72. The van der Waals surface area contributed by atoms with E-state index in [2.05, 4.69) is 5.32 Å². The summed E-state index contributed by atoms with van der Waals surface area (Å²) in [5.41, 5.74) is 0.455. The smallest absolute Gasteiger partial charge is 0.253 e. The van der Waals surface area contributed by atoms with Crippen molar-refractivity contribution in [1.29, 1.82) is 0 Å². The zero-order valence-corrected chi connectivity index (χ0v) is 15.9. The minimum Gasteiger partial charge on any atom is -0.355 e. The topological polar surface area (TPSA) is 49.4 Å². The standard InChI is InChI=1S/C21H23FN2O2S/c22-18-10-8-16(9-11-18)21(26)24-13-4-5-17(15-24)20(25)23-12-14-27-19-6-2-1-3-7-19/h1-3,6-11,17H,4-5,12-15H2,(H,23,25). The van der Waals surface area contributed by atoms with Crippen LogP contribution in [-0.2, 0) is 4.79 Å². The van der Waals surface area contributed by atoms with Crippen molar-refractivity contribution in [2.24, 2.45) is 5.92 Å². The van der Waals surface area contributed by atoms with Crippen LogP contribution in [0.3, 0.4) is 0 Å². The van der Waals surface area contributed by atoms with Crippen molar-refractivity contribution < 1.29 is 14.0 Å². The molecule has 0 bridgehead atoms. The van der Waals surface area contributed by atoms with E-state index in [0.717, 1.165) is 18.6 Å². The maximum Gasteiger partial charge on any atom is 0.253 e. The third-order valence-electron chi connectivity index (χ3n) is 4.58. The number of likely N-dealkylation sites (tertiary alicyclic amines) is 1. The Hall–Kier alpha value is -2.34. The average Bonchev–Trinajstić information content (AvgIpc) is 2.72. The zero-order chi connectivity index (χ0) is 19.1. The highest BCUT2D eigenvalue weighted by atomic mass is 32.2. The van der Waals surface area contributed by atoms with Gasteiger partial charge in [-0.25, -0.2) is 4.39 Å². The molecule has 1 heterocycles. The molecule has 0 radical (unpaired) electrons. The number of hydrogen-bond acceptors (Lipinski definition) is 3. The summed E-state index contributed by atoms with van der Waals surface area (Å²) >= 11 is 1.70. The molecule has 2 amide bonds. The van der Waals surface area contributed by atoms with E-state index in [4.69, 9.17) is 0 Å². The van der Waals surface area contributed by atoms with Crippen molar-refractivity contribution in [2.75, 3.05) is 25.4 Å². The van der Waals surface area contributed by atoms with Gasteiger partial charge in [-0.05, 0) is 49.2 Å².